The summed E-state index contributed by atoms with van der Waals surface area (Å²) in [6.45, 7) is 2.90. The summed E-state index contributed by atoms with van der Waals surface area (Å²) in [6, 6.07) is 0.382. The van der Waals surface area contributed by atoms with E-state index in [-0.39, 0.29) is 0 Å². The van der Waals surface area contributed by atoms with E-state index in [2.05, 4.69) is 20.1 Å². The first-order chi connectivity index (χ1) is 8.43. The van der Waals surface area contributed by atoms with Crippen LogP contribution in [0.2, 0.25) is 0 Å². The monoisotopic (exact) mass is 236 g/mol. The van der Waals surface area contributed by atoms with E-state index < -0.39 is 0 Å². The Hall–Kier alpha value is -0.940. The van der Waals surface area contributed by atoms with Gasteiger partial charge >= 0.3 is 0 Å². The van der Waals surface area contributed by atoms with Crippen molar-refractivity contribution in [1.29, 1.82) is 0 Å². The van der Waals surface area contributed by atoms with Crippen molar-refractivity contribution >= 4 is 0 Å². The van der Waals surface area contributed by atoms with Crippen LogP contribution in [0.5, 0.6) is 0 Å². The van der Waals surface area contributed by atoms with Gasteiger partial charge in [-0.25, -0.2) is 0 Å². The Labute approximate surface area is 102 Å². The van der Waals surface area contributed by atoms with Crippen molar-refractivity contribution in [3.05, 3.63) is 12.2 Å². The van der Waals surface area contributed by atoms with E-state index in [1.54, 1.807) is 0 Å². The predicted molar refractivity (Wildman–Crippen MR) is 63.6 cm³/mol. The molecule has 2 aliphatic rings. The van der Waals surface area contributed by atoms with Gasteiger partial charge in [-0.2, -0.15) is 0 Å². The molecule has 0 bridgehead atoms. The van der Waals surface area contributed by atoms with Crippen molar-refractivity contribution < 1.29 is 4.74 Å². The number of aromatic nitrogens is 3. The fourth-order valence-corrected chi connectivity index (χ4v) is 2.75. The van der Waals surface area contributed by atoms with Gasteiger partial charge in [-0.3, -0.25) is 0 Å². The third-order valence-electron chi connectivity index (χ3n) is 3.69. The van der Waals surface area contributed by atoms with Crippen LogP contribution in [0.25, 0.3) is 0 Å². The summed E-state index contributed by atoms with van der Waals surface area (Å²) in [5.74, 6) is 1.08. The molecule has 1 N–H and O–H groups in total. The summed E-state index contributed by atoms with van der Waals surface area (Å²) < 4.78 is 7.84. The van der Waals surface area contributed by atoms with E-state index >= 15 is 0 Å². The molecule has 3 heterocycles. The molecule has 94 valence electrons. The third-order valence-corrected chi connectivity index (χ3v) is 3.69. The summed E-state index contributed by atoms with van der Waals surface area (Å²) in [5, 5.41) is 11.9. The van der Waals surface area contributed by atoms with Gasteiger partial charge in [0.05, 0.1) is 18.7 Å². The highest BCUT2D eigenvalue weighted by Gasteiger charge is 2.23. The molecule has 0 amide bonds. The van der Waals surface area contributed by atoms with Gasteiger partial charge in [-0.05, 0) is 32.2 Å². The van der Waals surface area contributed by atoms with Crippen LogP contribution in [0.3, 0.4) is 0 Å². The molecule has 1 aromatic heterocycles. The Morgan fingerprint density at radius 1 is 1.35 bits per heavy atom. The van der Waals surface area contributed by atoms with E-state index in [1.807, 2.05) is 6.33 Å². The van der Waals surface area contributed by atoms with Crippen LogP contribution < -0.4 is 5.32 Å². The fourth-order valence-electron chi connectivity index (χ4n) is 2.75. The average Bonchev–Trinajstić information content (AvgIpc) is 3.02. The fraction of sp³-hybridized carbons (Fsp3) is 0.833. The van der Waals surface area contributed by atoms with Crippen LogP contribution in [0.4, 0.5) is 0 Å². The molecule has 0 saturated carbocycles. The zero-order chi connectivity index (χ0) is 11.5. The first kappa shape index (κ1) is 11.2. The first-order valence-corrected chi connectivity index (χ1v) is 6.66. The number of rotatable bonds is 3. The molecule has 5 heteroatoms. The molecule has 0 spiro atoms. The number of nitrogens with one attached hydrogen (secondary N) is 1. The van der Waals surface area contributed by atoms with Gasteiger partial charge in [0.2, 0.25) is 0 Å². The number of piperidine rings is 1. The van der Waals surface area contributed by atoms with Gasteiger partial charge in [0.1, 0.15) is 12.2 Å². The van der Waals surface area contributed by atoms with Crippen LogP contribution in [0.1, 0.15) is 44.0 Å². The van der Waals surface area contributed by atoms with Crippen molar-refractivity contribution in [3.63, 3.8) is 0 Å². The van der Waals surface area contributed by atoms with Gasteiger partial charge in [0, 0.05) is 6.61 Å². The molecule has 5 nitrogen and oxygen atoms in total. The molecule has 2 aliphatic heterocycles. The first-order valence-electron chi connectivity index (χ1n) is 6.66. The average molecular weight is 236 g/mol. The maximum absolute atomic E-state index is 5.67. The molecule has 0 aliphatic carbocycles. The Kier molecular flexibility index (Phi) is 3.38. The minimum Gasteiger partial charge on any atom is -0.376 e. The van der Waals surface area contributed by atoms with E-state index in [4.69, 9.17) is 4.74 Å². The van der Waals surface area contributed by atoms with Gasteiger partial charge in [-0.1, -0.05) is 6.42 Å². The molecule has 0 radical (unpaired) electrons. The van der Waals surface area contributed by atoms with Crippen LogP contribution in [0, 0.1) is 0 Å². The minimum absolute atomic E-state index is 0.355. The molecule has 2 saturated heterocycles. The number of nitrogens with zero attached hydrogens (tertiary/aromatic N) is 3. The second kappa shape index (κ2) is 5.14. The predicted octanol–water partition coefficient (Wildman–Crippen LogP) is 1.27. The Morgan fingerprint density at radius 2 is 2.35 bits per heavy atom. The lowest BCUT2D eigenvalue weighted by atomic mass is 10.0. The number of hydrogen-bond acceptors (Lipinski definition) is 4. The lowest BCUT2D eigenvalue weighted by Crippen LogP contribution is -2.30. The van der Waals surface area contributed by atoms with Crippen molar-refractivity contribution in [1.82, 2.24) is 20.1 Å². The highest BCUT2D eigenvalue weighted by molar-refractivity contribution is 4.97. The second-order valence-corrected chi connectivity index (χ2v) is 4.98. The van der Waals surface area contributed by atoms with Crippen molar-refractivity contribution in [2.45, 2.75) is 50.8 Å². The van der Waals surface area contributed by atoms with Crippen LogP contribution in [0.15, 0.2) is 6.33 Å². The number of hydrogen-bond donors (Lipinski definition) is 1. The molecule has 2 fully saturated rings. The van der Waals surface area contributed by atoms with Gasteiger partial charge < -0.3 is 14.6 Å². The third kappa shape index (κ3) is 2.50. The summed E-state index contributed by atoms with van der Waals surface area (Å²) in [4.78, 5) is 0. The van der Waals surface area contributed by atoms with E-state index in [0.29, 0.717) is 12.1 Å². The molecule has 1 aromatic rings. The van der Waals surface area contributed by atoms with E-state index in [9.17, 15) is 0 Å². The summed E-state index contributed by atoms with van der Waals surface area (Å²) in [6.07, 6.45) is 8.27. The Morgan fingerprint density at radius 3 is 3.12 bits per heavy atom. The van der Waals surface area contributed by atoms with Crippen molar-refractivity contribution in [3.8, 4) is 0 Å². The van der Waals surface area contributed by atoms with Crippen LogP contribution >= 0.6 is 0 Å². The summed E-state index contributed by atoms with van der Waals surface area (Å²) in [5.41, 5.74) is 0. The highest BCUT2D eigenvalue weighted by atomic mass is 16.5. The Bertz CT molecular complexity index is 353. The van der Waals surface area contributed by atoms with Crippen molar-refractivity contribution in [2.75, 3.05) is 13.2 Å². The molecule has 2 unspecified atom stereocenters. The zero-order valence-corrected chi connectivity index (χ0v) is 10.1. The molecule has 0 aromatic carbocycles. The highest BCUT2D eigenvalue weighted by Crippen LogP contribution is 2.22. The number of ether oxygens (including phenoxy) is 1. The standard InChI is InChI=1S/C12H20N4O/c1-2-6-13-11(5-1)12-15-14-9-16(12)8-10-4-3-7-17-10/h9-11,13H,1-8H2. The van der Waals surface area contributed by atoms with Gasteiger partial charge in [0.25, 0.3) is 0 Å². The molecule has 3 rings (SSSR count). The van der Waals surface area contributed by atoms with Crippen LogP contribution in [-0.4, -0.2) is 34.0 Å². The molecular weight excluding hydrogens is 216 g/mol. The van der Waals surface area contributed by atoms with Gasteiger partial charge in [0.15, 0.2) is 0 Å². The maximum atomic E-state index is 5.67. The smallest absolute Gasteiger partial charge is 0.150 e. The molecule has 2 atom stereocenters. The molecule has 17 heavy (non-hydrogen) atoms. The van der Waals surface area contributed by atoms with E-state index in [1.165, 1.54) is 25.7 Å². The van der Waals surface area contributed by atoms with Crippen LogP contribution in [-0.2, 0) is 11.3 Å². The quantitative estimate of drug-likeness (QED) is 0.858. The lowest BCUT2D eigenvalue weighted by molar-refractivity contribution is 0.0955. The SMILES string of the molecule is c1nnc(C2CCCCN2)n1CC1CCCO1. The second-order valence-electron chi connectivity index (χ2n) is 4.98. The summed E-state index contributed by atoms with van der Waals surface area (Å²) in [7, 11) is 0. The van der Waals surface area contributed by atoms with Crippen molar-refractivity contribution in [2.24, 2.45) is 0 Å². The lowest BCUT2D eigenvalue weighted by Gasteiger charge is -2.23. The normalized spacial score (nSPS) is 29.6. The summed E-state index contributed by atoms with van der Waals surface area (Å²) >= 11 is 0. The maximum Gasteiger partial charge on any atom is 0.150 e. The Balaban J connectivity index is 1.69. The minimum atomic E-state index is 0.355. The zero-order valence-electron chi connectivity index (χ0n) is 10.1. The topological polar surface area (TPSA) is 52.0 Å². The van der Waals surface area contributed by atoms with E-state index in [0.717, 1.165) is 31.9 Å². The molecular formula is C12H20N4O. The van der Waals surface area contributed by atoms with Gasteiger partial charge in [-0.15, -0.1) is 10.2 Å². The largest absolute Gasteiger partial charge is 0.376 e.